The summed E-state index contributed by atoms with van der Waals surface area (Å²) in [5.41, 5.74) is 2.54. The SMILES string of the molecule is C[C@@H](NC(=O)c1cn(COCC[Si](C)(C)C)c2ncc(-c3nn(C)c4cc(F)ccc34)nc12)C(F)(F)Cc1ccccc1. The van der Waals surface area contributed by atoms with E-state index < -0.39 is 38.2 Å². The van der Waals surface area contributed by atoms with E-state index in [-0.39, 0.29) is 17.8 Å². The number of ether oxygens (including phenoxy) is 1. The largest absolute Gasteiger partial charge is 0.361 e. The summed E-state index contributed by atoms with van der Waals surface area (Å²) in [5.74, 6) is -4.30. The number of benzene rings is 2. The lowest BCUT2D eigenvalue weighted by molar-refractivity contribution is -0.0290. The van der Waals surface area contributed by atoms with E-state index >= 15 is 8.78 Å². The van der Waals surface area contributed by atoms with Gasteiger partial charge in [0.05, 0.1) is 23.3 Å². The highest BCUT2D eigenvalue weighted by molar-refractivity contribution is 6.76. The van der Waals surface area contributed by atoms with Crippen LogP contribution < -0.4 is 5.32 Å². The molecule has 0 aliphatic heterocycles. The van der Waals surface area contributed by atoms with E-state index in [9.17, 15) is 9.18 Å². The third-order valence-corrected chi connectivity index (χ3v) is 9.06. The molecule has 1 N–H and O–H groups in total. The second-order valence-electron chi connectivity index (χ2n) is 12.0. The molecule has 0 aliphatic rings. The molecule has 0 bridgehead atoms. The van der Waals surface area contributed by atoms with Crippen LogP contribution in [0.1, 0.15) is 22.8 Å². The molecule has 0 spiro atoms. The Hall–Kier alpha value is -4.03. The normalized spacial score (nSPS) is 13.1. The Morgan fingerprint density at radius 1 is 1.14 bits per heavy atom. The third-order valence-electron chi connectivity index (χ3n) is 7.36. The lowest BCUT2D eigenvalue weighted by Crippen LogP contribution is -2.46. The zero-order valence-electron chi connectivity index (χ0n) is 24.9. The number of carbonyl (C=O) groups excluding carboxylic acids is 1. The van der Waals surface area contributed by atoms with Crippen LogP contribution in [0.5, 0.6) is 0 Å². The number of carbonyl (C=O) groups is 1. The monoisotopic (exact) mass is 608 g/mol. The van der Waals surface area contributed by atoms with Crippen LogP contribution in [0.2, 0.25) is 25.7 Å². The second kappa shape index (κ2) is 11.9. The maximum absolute atomic E-state index is 15.2. The first kappa shape index (κ1) is 30.4. The van der Waals surface area contributed by atoms with Crippen molar-refractivity contribution >= 4 is 36.0 Å². The smallest absolute Gasteiger partial charge is 0.271 e. The number of hydrogen-bond donors (Lipinski definition) is 1. The molecule has 0 aliphatic carbocycles. The van der Waals surface area contributed by atoms with Gasteiger partial charge in [0.25, 0.3) is 11.8 Å². The predicted molar refractivity (Wildman–Crippen MR) is 163 cm³/mol. The van der Waals surface area contributed by atoms with Gasteiger partial charge in [-0.3, -0.25) is 9.48 Å². The first-order valence-electron chi connectivity index (χ1n) is 14.1. The molecule has 8 nitrogen and oxygen atoms in total. The summed E-state index contributed by atoms with van der Waals surface area (Å²) in [6, 6.07) is 12.2. The van der Waals surface area contributed by atoms with Crippen LogP contribution in [-0.4, -0.2) is 56.9 Å². The number of alkyl halides is 2. The van der Waals surface area contributed by atoms with Gasteiger partial charge in [-0.25, -0.2) is 23.1 Å². The Bertz CT molecular complexity index is 1760. The molecule has 3 heterocycles. The molecule has 0 saturated carbocycles. The zero-order valence-corrected chi connectivity index (χ0v) is 25.9. The number of hydrogen-bond acceptors (Lipinski definition) is 5. The molecule has 0 unspecified atom stereocenters. The average Bonchev–Trinajstić information content (AvgIpc) is 3.47. The number of nitrogens with one attached hydrogen (secondary N) is 1. The van der Waals surface area contributed by atoms with Crippen LogP contribution in [-0.2, 0) is 24.9 Å². The van der Waals surface area contributed by atoms with Crippen molar-refractivity contribution in [1.82, 2.24) is 29.6 Å². The van der Waals surface area contributed by atoms with Crippen molar-refractivity contribution in [3.05, 3.63) is 77.9 Å². The van der Waals surface area contributed by atoms with Crippen molar-refractivity contribution in [2.75, 3.05) is 6.61 Å². The third kappa shape index (κ3) is 6.80. The van der Waals surface area contributed by atoms with Crippen molar-refractivity contribution in [3.63, 3.8) is 0 Å². The van der Waals surface area contributed by atoms with E-state index in [2.05, 4.69) is 35.0 Å². The van der Waals surface area contributed by atoms with Crippen LogP contribution in [0.3, 0.4) is 0 Å². The molecule has 1 amide bonds. The Morgan fingerprint density at radius 2 is 1.88 bits per heavy atom. The van der Waals surface area contributed by atoms with Gasteiger partial charge in [-0.05, 0) is 36.7 Å². The van der Waals surface area contributed by atoms with Crippen molar-refractivity contribution in [3.8, 4) is 11.4 Å². The number of rotatable bonds is 11. The minimum Gasteiger partial charge on any atom is -0.361 e. The molecule has 0 saturated heterocycles. The number of halogens is 3. The Labute approximate surface area is 248 Å². The van der Waals surface area contributed by atoms with Crippen LogP contribution in [0.25, 0.3) is 33.5 Å². The van der Waals surface area contributed by atoms with Gasteiger partial charge in [0.15, 0.2) is 5.65 Å². The molecule has 3 aromatic heterocycles. The van der Waals surface area contributed by atoms with Gasteiger partial charge in [-0.1, -0.05) is 50.0 Å². The molecular weight excluding hydrogens is 573 g/mol. The van der Waals surface area contributed by atoms with Crippen LogP contribution in [0.4, 0.5) is 13.2 Å². The number of aromatic nitrogens is 5. The highest BCUT2D eigenvalue weighted by Gasteiger charge is 2.38. The molecular formula is C31H35F3N6O2Si. The first-order chi connectivity index (χ1) is 20.3. The maximum atomic E-state index is 15.2. The molecule has 1 atom stereocenters. The molecule has 43 heavy (non-hydrogen) atoms. The lowest BCUT2D eigenvalue weighted by atomic mass is 10.0. The maximum Gasteiger partial charge on any atom is 0.271 e. The van der Waals surface area contributed by atoms with E-state index in [0.29, 0.717) is 40.1 Å². The van der Waals surface area contributed by atoms with Crippen LogP contribution >= 0.6 is 0 Å². The van der Waals surface area contributed by atoms with Gasteiger partial charge < -0.3 is 14.6 Å². The van der Waals surface area contributed by atoms with Gasteiger partial charge in [0, 0.05) is 39.7 Å². The number of aryl methyl sites for hydroxylation is 1. The minimum absolute atomic E-state index is 0.0896. The van der Waals surface area contributed by atoms with Gasteiger partial charge in [-0.15, -0.1) is 0 Å². The standard InChI is InChI=1S/C31H35F3N6O2Si/c1-20(31(33,34)16-21-9-7-6-8-10-21)36-30(41)24-18-40(19-42-13-14-43(3,4)5)29-28(24)37-25(17-35-29)27-23-12-11-22(32)15-26(23)39(2)38-27/h6-12,15,17-18,20H,13-14,16,19H2,1-5H3,(H,36,41)/t20-/m1/s1. The van der Waals surface area contributed by atoms with Crippen molar-refractivity contribution < 1.29 is 22.7 Å². The van der Waals surface area contributed by atoms with E-state index in [1.807, 2.05) is 0 Å². The van der Waals surface area contributed by atoms with Gasteiger partial charge in [0.1, 0.15) is 29.5 Å². The van der Waals surface area contributed by atoms with E-state index in [1.165, 1.54) is 31.5 Å². The molecule has 2 aromatic carbocycles. The summed E-state index contributed by atoms with van der Waals surface area (Å²) in [4.78, 5) is 22.8. The summed E-state index contributed by atoms with van der Waals surface area (Å²) < 4.78 is 53.3. The van der Waals surface area contributed by atoms with Crippen molar-refractivity contribution in [1.29, 1.82) is 0 Å². The molecule has 12 heteroatoms. The van der Waals surface area contributed by atoms with Gasteiger partial charge >= 0.3 is 0 Å². The molecule has 5 rings (SSSR count). The molecule has 5 aromatic rings. The number of fused-ring (bicyclic) bond motifs is 2. The van der Waals surface area contributed by atoms with E-state index in [1.54, 1.807) is 52.7 Å². The van der Waals surface area contributed by atoms with Crippen molar-refractivity contribution in [2.45, 2.75) is 57.7 Å². The summed E-state index contributed by atoms with van der Waals surface area (Å²) in [5, 5.41) is 7.65. The van der Waals surface area contributed by atoms with Crippen LogP contribution in [0.15, 0.2) is 60.9 Å². The average molecular weight is 609 g/mol. The predicted octanol–water partition coefficient (Wildman–Crippen LogP) is 6.43. The topological polar surface area (TPSA) is 86.9 Å². The van der Waals surface area contributed by atoms with Crippen LogP contribution in [0, 0.1) is 5.82 Å². The molecule has 226 valence electrons. The van der Waals surface area contributed by atoms with Crippen molar-refractivity contribution in [2.24, 2.45) is 7.05 Å². The van der Waals surface area contributed by atoms with E-state index in [0.717, 1.165) is 6.04 Å². The summed E-state index contributed by atoms with van der Waals surface area (Å²) in [6.07, 6.45) is 2.55. The minimum atomic E-state index is -3.20. The van der Waals surface area contributed by atoms with Gasteiger partial charge in [0.2, 0.25) is 0 Å². The zero-order chi connectivity index (χ0) is 30.9. The summed E-state index contributed by atoms with van der Waals surface area (Å²) in [6.45, 7) is 8.70. The Morgan fingerprint density at radius 3 is 2.60 bits per heavy atom. The second-order valence-corrected chi connectivity index (χ2v) is 17.7. The Kier molecular flexibility index (Phi) is 8.44. The number of nitrogens with zero attached hydrogens (tertiary/aromatic N) is 5. The fraction of sp³-hybridized carbons (Fsp3) is 0.355. The first-order valence-corrected chi connectivity index (χ1v) is 17.8. The fourth-order valence-electron chi connectivity index (χ4n) is 4.79. The van der Waals surface area contributed by atoms with Gasteiger partial charge in [-0.2, -0.15) is 5.10 Å². The molecule has 0 radical (unpaired) electrons. The fourth-order valence-corrected chi connectivity index (χ4v) is 5.55. The number of amides is 1. The quantitative estimate of drug-likeness (QED) is 0.138. The highest BCUT2D eigenvalue weighted by atomic mass is 28.3. The highest BCUT2D eigenvalue weighted by Crippen LogP contribution is 2.30. The summed E-state index contributed by atoms with van der Waals surface area (Å²) >= 11 is 0. The lowest BCUT2D eigenvalue weighted by Gasteiger charge is -2.24. The summed E-state index contributed by atoms with van der Waals surface area (Å²) in [7, 11) is 0.370. The Balaban J connectivity index is 1.48. The van der Waals surface area contributed by atoms with E-state index in [4.69, 9.17) is 9.72 Å². The molecule has 0 fully saturated rings.